The Morgan fingerprint density at radius 3 is 2.79 bits per heavy atom. The van der Waals surface area contributed by atoms with Gasteiger partial charge in [0.2, 0.25) is 11.8 Å². The van der Waals surface area contributed by atoms with Crippen LogP contribution in [0.3, 0.4) is 0 Å². The van der Waals surface area contributed by atoms with Crippen molar-refractivity contribution in [2.24, 2.45) is 0 Å². The Hall–Kier alpha value is -2.49. The van der Waals surface area contributed by atoms with Gasteiger partial charge < -0.3 is 9.29 Å². The summed E-state index contributed by atoms with van der Waals surface area (Å²) in [7, 11) is 0. The van der Waals surface area contributed by atoms with Crippen LogP contribution in [-0.4, -0.2) is 26.7 Å². The van der Waals surface area contributed by atoms with E-state index in [0.717, 1.165) is 12.1 Å². The molecule has 2 aliphatic rings. The first-order valence-electron chi connectivity index (χ1n) is 8.65. The van der Waals surface area contributed by atoms with Gasteiger partial charge in [0, 0.05) is 6.42 Å². The maximum Gasteiger partial charge on any atom is 0.248 e. The molecule has 0 spiro atoms. The van der Waals surface area contributed by atoms with Gasteiger partial charge in [0.1, 0.15) is 18.4 Å². The van der Waals surface area contributed by atoms with Crippen molar-refractivity contribution in [2.75, 3.05) is 0 Å². The summed E-state index contributed by atoms with van der Waals surface area (Å²) in [6, 6.07) is 7.94. The van der Waals surface area contributed by atoms with E-state index in [9.17, 15) is 22.9 Å². The SMILES string of the molecule is O=C1CCC(N2Cc3c(OCc4ccc(F)c(F)c4)cccc3[S+]2[O-])C(=O)N1. The van der Waals surface area contributed by atoms with E-state index >= 15 is 0 Å². The lowest BCUT2D eigenvalue weighted by Gasteiger charge is -2.27. The lowest BCUT2D eigenvalue weighted by Crippen LogP contribution is -2.52. The standard InChI is InChI=1S/C19H16F2N2O4S/c20-13-5-4-11(8-14(13)21)10-27-16-2-1-3-17-12(16)9-23(28(17)26)15-6-7-18(24)22-19(15)25/h1-5,8,15H,6-7,9-10H2,(H,22,24,25). The highest BCUT2D eigenvalue weighted by Gasteiger charge is 2.45. The van der Waals surface area contributed by atoms with Crippen LogP contribution in [0.2, 0.25) is 0 Å². The third-order valence-corrected chi connectivity index (χ3v) is 6.31. The number of carbonyl (C=O) groups is 2. The summed E-state index contributed by atoms with van der Waals surface area (Å²) < 4.78 is 46.6. The number of nitrogens with one attached hydrogen (secondary N) is 1. The Labute approximate surface area is 162 Å². The average Bonchev–Trinajstić information content (AvgIpc) is 3.00. The fourth-order valence-electron chi connectivity index (χ4n) is 3.31. The Morgan fingerprint density at radius 1 is 1.21 bits per heavy atom. The first-order valence-corrected chi connectivity index (χ1v) is 9.75. The highest BCUT2D eigenvalue weighted by molar-refractivity contribution is 7.89. The van der Waals surface area contributed by atoms with Gasteiger partial charge in [-0.05, 0) is 36.2 Å². The molecule has 28 heavy (non-hydrogen) atoms. The molecule has 9 heteroatoms. The van der Waals surface area contributed by atoms with Gasteiger partial charge in [0.05, 0.1) is 23.5 Å². The molecule has 2 atom stereocenters. The Bertz CT molecular complexity index is 956. The molecular formula is C19H16F2N2O4S. The zero-order valence-corrected chi connectivity index (χ0v) is 15.4. The third-order valence-electron chi connectivity index (χ3n) is 4.74. The minimum absolute atomic E-state index is 0.0126. The molecule has 0 radical (unpaired) electrons. The largest absolute Gasteiger partial charge is 0.593 e. The van der Waals surface area contributed by atoms with Gasteiger partial charge in [0.25, 0.3) is 0 Å². The van der Waals surface area contributed by atoms with Crippen molar-refractivity contribution < 1.29 is 27.7 Å². The number of imide groups is 1. The number of fused-ring (bicyclic) bond motifs is 1. The van der Waals surface area contributed by atoms with Crippen LogP contribution in [0.1, 0.15) is 24.0 Å². The zero-order chi connectivity index (χ0) is 19.8. The number of rotatable bonds is 4. The molecule has 2 unspecified atom stereocenters. The van der Waals surface area contributed by atoms with E-state index in [-0.39, 0.29) is 25.5 Å². The molecule has 1 saturated heterocycles. The van der Waals surface area contributed by atoms with Crippen LogP contribution in [0.15, 0.2) is 41.3 Å². The summed E-state index contributed by atoms with van der Waals surface area (Å²) in [5.41, 5.74) is 1.13. The van der Waals surface area contributed by atoms with Gasteiger partial charge >= 0.3 is 0 Å². The molecule has 2 aromatic rings. The fourth-order valence-corrected chi connectivity index (χ4v) is 4.82. The number of hydrogen-bond acceptors (Lipinski definition) is 5. The molecule has 146 valence electrons. The summed E-state index contributed by atoms with van der Waals surface area (Å²) in [6.07, 6.45) is 0.495. The number of halogens is 2. The molecule has 0 aromatic heterocycles. The minimum Gasteiger partial charge on any atom is -0.593 e. The van der Waals surface area contributed by atoms with Crippen molar-refractivity contribution in [2.45, 2.75) is 36.9 Å². The second-order valence-electron chi connectivity index (χ2n) is 6.56. The van der Waals surface area contributed by atoms with Crippen LogP contribution >= 0.6 is 0 Å². The zero-order valence-electron chi connectivity index (χ0n) is 14.6. The number of amides is 2. The number of ether oxygens (including phenoxy) is 1. The van der Waals surface area contributed by atoms with Gasteiger partial charge in [-0.25, -0.2) is 8.78 Å². The van der Waals surface area contributed by atoms with Crippen LogP contribution < -0.4 is 10.1 Å². The Kier molecular flexibility index (Phi) is 5.05. The predicted molar refractivity (Wildman–Crippen MR) is 95.3 cm³/mol. The number of benzene rings is 2. The van der Waals surface area contributed by atoms with Gasteiger partial charge in [-0.2, -0.15) is 0 Å². The lowest BCUT2D eigenvalue weighted by molar-refractivity contribution is -0.136. The smallest absolute Gasteiger partial charge is 0.248 e. The van der Waals surface area contributed by atoms with Crippen molar-refractivity contribution in [1.82, 2.24) is 9.62 Å². The molecular weight excluding hydrogens is 390 g/mol. The highest BCUT2D eigenvalue weighted by Crippen LogP contribution is 2.38. The molecule has 4 rings (SSSR count). The number of hydrogen-bond donors (Lipinski definition) is 1. The van der Waals surface area contributed by atoms with Crippen LogP contribution in [0, 0.1) is 11.6 Å². The van der Waals surface area contributed by atoms with Crippen LogP contribution in [0.4, 0.5) is 8.78 Å². The Balaban J connectivity index is 1.52. The average molecular weight is 406 g/mol. The summed E-state index contributed by atoms with van der Waals surface area (Å²) in [4.78, 5) is 24.0. The van der Waals surface area contributed by atoms with Crippen molar-refractivity contribution in [3.05, 3.63) is 59.2 Å². The molecule has 2 heterocycles. The Morgan fingerprint density at radius 2 is 2.04 bits per heavy atom. The molecule has 1 N–H and O–H groups in total. The van der Waals surface area contributed by atoms with Crippen LogP contribution in [0.5, 0.6) is 5.75 Å². The monoisotopic (exact) mass is 406 g/mol. The minimum atomic E-state index is -1.56. The highest BCUT2D eigenvalue weighted by atomic mass is 32.2. The maximum atomic E-state index is 13.4. The summed E-state index contributed by atoms with van der Waals surface area (Å²) in [6.45, 7) is 0.237. The van der Waals surface area contributed by atoms with Gasteiger partial charge in [0.15, 0.2) is 16.5 Å². The molecule has 2 aromatic carbocycles. The topological polar surface area (TPSA) is 81.7 Å². The van der Waals surface area contributed by atoms with E-state index < -0.39 is 34.9 Å². The van der Waals surface area contributed by atoms with Crippen LogP contribution in [0.25, 0.3) is 0 Å². The number of nitrogens with zero attached hydrogens (tertiary/aromatic N) is 1. The first-order chi connectivity index (χ1) is 13.4. The van der Waals surface area contributed by atoms with Gasteiger partial charge in [-0.3, -0.25) is 14.9 Å². The fraction of sp³-hybridized carbons (Fsp3) is 0.263. The van der Waals surface area contributed by atoms with Gasteiger partial charge in [-0.1, -0.05) is 12.1 Å². The van der Waals surface area contributed by atoms with E-state index in [1.807, 2.05) is 0 Å². The van der Waals surface area contributed by atoms with Crippen molar-refractivity contribution in [3.63, 3.8) is 0 Å². The van der Waals surface area contributed by atoms with Crippen molar-refractivity contribution in [3.8, 4) is 5.75 Å². The van der Waals surface area contributed by atoms with Gasteiger partial charge in [-0.15, -0.1) is 4.31 Å². The summed E-state index contributed by atoms with van der Waals surface area (Å²) >= 11 is -1.56. The second-order valence-corrected chi connectivity index (χ2v) is 7.97. The quantitative estimate of drug-likeness (QED) is 0.622. The number of piperidine rings is 1. The molecule has 0 saturated carbocycles. The van der Waals surface area contributed by atoms with E-state index in [1.165, 1.54) is 10.4 Å². The molecule has 2 aliphatic heterocycles. The maximum absolute atomic E-state index is 13.4. The van der Waals surface area contributed by atoms with E-state index in [2.05, 4.69) is 5.32 Å². The molecule has 6 nitrogen and oxygen atoms in total. The number of carbonyl (C=O) groups excluding carboxylic acids is 2. The molecule has 2 amide bonds. The van der Waals surface area contributed by atoms with Crippen molar-refractivity contribution >= 4 is 23.2 Å². The van der Waals surface area contributed by atoms with E-state index in [1.54, 1.807) is 18.2 Å². The third kappa shape index (κ3) is 3.48. The molecule has 1 fully saturated rings. The predicted octanol–water partition coefficient (Wildman–Crippen LogP) is 2.19. The molecule has 0 aliphatic carbocycles. The van der Waals surface area contributed by atoms with Crippen molar-refractivity contribution in [1.29, 1.82) is 0 Å². The first kappa shape index (κ1) is 18.9. The van der Waals surface area contributed by atoms with E-state index in [4.69, 9.17) is 4.74 Å². The normalized spacial score (nSPS) is 22.1. The molecule has 0 bridgehead atoms. The van der Waals surface area contributed by atoms with Crippen LogP contribution in [-0.2, 0) is 34.1 Å². The summed E-state index contributed by atoms with van der Waals surface area (Å²) in [5.74, 6) is -2.21. The lowest BCUT2D eigenvalue weighted by atomic mass is 10.1. The van der Waals surface area contributed by atoms with E-state index in [0.29, 0.717) is 28.2 Å². The summed E-state index contributed by atoms with van der Waals surface area (Å²) in [5, 5.41) is 2.27. The second kappa shape index (κ2) is 7.50.